The van der Waals surface area contributed by atoms with Crippen LogP contribution in [0.2, 0.25) is 0 Å². The third-order valence-corrected chi connectivity index (χ3v) is 7.18. The van der Waals surface area contributed by atoms with Crippen molar-refractivity contribution >= 4 is 10.9 Å². The topological polar surface area (TPSA) is 78.7 Å². The first-order valence-electron chi connectivity index (χ1n) is 13.6. The lowest BCUT2D eigenvalue weighted by atomic mass is 10.00. The van der Waals surface area contributed by atoms with Gasteiger partial charge in [0.05, 0.1) is 35.2 Å². The summed E-state index contributed by atoms with van der Waals surface area (Å²) in [6, 6.07) is 4.71. The minimum absolute atomic E-state index is 0.0154. The normalized spacial score (nSPS) is 12.7. The molecule has 5 aromatic rings. The summed E-state index contributed by atoms with van der Waals surface area (Å²) in [7, 11) is 0. The molecule has 0 aliphatic heterocycles. The molecule has 0 radical (unpaired) electrons. The lowest BCUT2D eigenvalue weighted by molar-refractivity contribution is -0.137. The zero-order valence-corrected chi connectivity index (χ0v) is 23.0. The van der Waals surface area contributed by atoms with Crippen molar-refractivity contribution in [1.82, 2.24) is 24.3 Å². The predicted molar refractivity (Wildman–Crippen MR) is 146 cm³/mol. The average Bonchev–Trinajstić information content (AvgIpc) is 3.63. The fourth-order valence-corrected chi connectivity index (χ4v) is 4.91. The maximum absolute atomic E-state index is 15.2. The molecule has 0 saturated carbocycles. The number of benzene rings is 2. The van der Waals surface area contributed by atoms with Gasteiger partial charge < -0.3 is 13.7 Å². The van der Waals surface area contributed by atoms with Crippen LogP contribution in [0.3, 0.4) is 0 Å². The van der Waals surface area contributed by atoms with Crippen molar-refractivity contribution in [3.05, 3.63) is 94.1 Å². The van der Waals surface area contributed by atoms with Gasteiger partial charge in [-0.05, 0) is 30.2 Å². The van der Waals surface area contributed by atoms with Crippen molar-refractivity contribution in [2.45, 2.75) is 58.7 Å². The molecule has 0 unspecified atom stereocenters. The van der Waals surface area contributed by atoms with Crippen LogP contribution < -0.4 is 5.43 Å². The van der Waals surface area contributed by atoms with Gasteiger partial charge in [-0.3, -0.25) is 4.79 Å². The molecule has 1 atom stereocenters. The fraction of sp³-hybridized carbons (Fsp3) is 0.333. The third kappa shape index (κ3) is 6.12. The number of pyridine rings is 1. The van der Waals surface area contributed by atoms with Crippen molar-refractivity contribution in [3.8, 4) is 17.1 Å². The van der Waals surface area contributed by atoms with E-state index in [9.17, 15) is 22.4 Å². The van der Waals surface area contributed by atoms with E-state index in [-0.39, 0.29) is 46.0 Å². The molecule has 0 amide bonds. The van der Waals surface area contributed by atoms with Crippen molar-refractivity contribution in [3.63, 3.8) is 0 Å². The number of unbranched alkanes of at least 4 members (excludes halogenated alkanes) is 2. The maximum Gasteiger partial charge on any atom is 0.416 e. The van der Waals surface area contributed by atoms with Gasteiger partial charge in [-0.15, -0.1) is 0 Å². The molecule has 2 aromatic carbocycles. The molecule has 0 fully saturated rings. The first-order valence-corrected chi connectivity index (χ1v) is 13.6. The number of hydrogen-bond acceptors (Lipinski definition) is 5. The molecule has 12 heteroatoms. The average molecular weight is 586 g/mol. The Morgan fingerprint density at radius 2 is 1.88 bits per heavy atom. The second kappa shape index (κ2) is 11.9. The highest BCUT2D eigenvalue weighted by Crippen LogP contribution is 2.31. The Labute approximate surface area is 237 Å². The van der Waals surface area contributed by atoms with Gasteiger partial charge in [-0.1, -0.05) is 50.8 Å². The number of aromatic nitrogens is 5. The molecule has 5 rings (SSSR count). The number of halogens is 5. The van der Waals surface area contributed by atoms with Gasteiger partial charge in [0.25, 0.3) is 0 Å². The number of imidazole rings is 1. The SMILES string of the molecule is CCCCC[C@@H](C)Cc1nc(-c2cn(Cc3ccc(C(F)(F)F)cc3F)c3cc(-n4ccnc4)c(F)cc3c2=O)no1. The lowest BCUT2D eigenvalue weighted by Gasteiger charge is -2.16. The molecule has 3 heterocycles. The molecule has 0 bridgehead atoms. The number of rotatable bonds is 10. The summed E-state index contributed by atoms with van der Waals surface area (Å²) in [6.07, 6.45) is 5.80. The molecule has 0 spiro atoms. The van der Waals surface area contributed by atoms with Crippen molar-refractivity contribution in [2.75, 3.05) is 0 Å². The summed E-state index contributed by atoms with van der Waals surface area (Å²) in [6.45, 7) is 3.94. The summed E-state index contributed by atoms with van der Waals surface area (Å²) in [5, 5.41) is 3.94. The van der Waals surface area contributed by atoms with Gasteiger partial charge in [-0.25, -0.2) is 13.8 Å². The van der Waals surface area contributed by atoms with Crippen LogP contribution in [-0.4, -0.2) is 24.3 Å². The molecule has 42 heavy (non-hydrogen) atoms. The maximum atomic E-state index is 15.2. The van der Waals surface area contributed by atoms with E-state index < -0.39 is 28.8 Å². The summed E-state index contributed by atoms with van der Waals surface area (Å²) in [5.41, 5.74) is -1.48. The highest BCUT2D eigenvalue weighted by molar-refractivity contribution is 5.85. The van der Waals surface area contributed by atoms with Gasteiger partial charge in [-0.2, -0.15) is 18.2 Å². The van der Waals surface area contributed by atoms with Crippen LogP contribution in [0, 0.1) is 17.6 Å². The Bertz CT molecular complexity index is 1760. The summed E-state index contributed by atoms with van der Waals surface area (Å²) >= 11 is 0. The van der Waals surface area contributed by atoms with E-state index in [4.69, 9.17) is 4.52 Å². The Hall–Kier alpha value is -4.35. The van der Waals surface area contributed by atoms with E-state index >= 15 is 4.39 Å². The number of nitrogens with zero attached hydrogens (tertiary/aromatic N) is 5. The minimum Gasteiger partial charge on any atom is -0.342 e. The van der Waals surface area contributed by atoms with Crippen LogP contribution in [-0.2, 0) is 19.1 Å². The highest BCUT2D eigenvalue weighted by atomic mass is 19.4. The predicted octanol–water partition coefficient (Wildman–Crippen LogP) is 7.34. The number of alkyl halides is 3. The standard InChI is InChI=1S/C30H28F5N5O2/c1-3-4-5-6-18(2)11-27-37-29(38-42-27)22-16-40(15-19-7-8-20(12-23(19)31)30(33,34)35)25-14-26(39-10-9-36-17-39)24(32)13-21(25)28(22)41/h7-10,12-14,16-18H,3-6,11,15H2,1-2H3/t18-/m1/s1. The van der Waals surface area contributed by atoms with Crippen LogP contribution in [0.4, 0.5) is 22.0 Å². The first-order chi connectivity index (χ1) is 20.0. The fourth-order valence-electron chi connectivity index (χ4n) is 4.91. The van der Waals surface area contributed by atoms with E-state index in [1.807, 2.05) is 0 Å². The zero-order valence-electron chi connectivity index (χ0n) is 23.0. The van der Waals surface area contributed by atoms with Gasteiger partial charge in [0.15, 0.2) is 0 Å². The summed E-state index contributed by atoms with van der Waals surface area (Å²) < 4.78 is 77.8. The van der Waals surface area contributed by atoms with Gasteiger partial charge >= 0.3 is 6.18 Å². The van der Waals surface area contributed by atoms with E-state index in [1.54, 1.807) is 0 Å². The van der Waals surface area contributed by atoms with E-state index in [1.165, 1.54) is 40.1 Å². The number of fused-ring (bicyclic) bond motifs is 1. The van der Waals surface area contributed by atoms with Crippen molar-refractivity contribution in [1.29, 1.82) is 0 Å². The Morgan fingerprint density at radius 3 is 2.57 bits per heavy atom. The Kier molecular flexibility index (Phi) is 8.24. The molecule has 220 valence electrons. The van der Waals surface area contributed by atoms with Crippen LogP contribution in [0.25, 0.3) is 28.0 Å². The van der Waals surface area contributed by atoms with Crippen LogP contribution in [0.5, 0.6) is 0 Å². The molecular formula is C30H28F5N5O2. The molecule has 0 saturated heterocycles. The molecule has 0 aliphatic carbocycles. The second-order valence-electron chi connectivity index (χ2n) is 10.4. The smallest absolute Gasteiger partial charge is 0.342 e. The highest BCUT2D eigenvalue weighted by Gasteiger charge is 2.31. The van der Waals surface area contributed by atoms with Crippen molar-refractivity contribution < 1.29 is 26.5 Å². The third-order valence-electron chi connectivity index (χ3n) is 7.18. The van der Waals surface area contributed by atoms with E-state index in [2.05, 4.69) is 29.0 Å². The molecule has 0 aliphatic rings. The van der Waals surface area contributed by atoms with Gasteiger partial charge in [0.1, 0.15) is 11.6 Å². The van der Waals surface area contributed by atoms with Crippen molar-refractivity contribution in [2.24, 2.45) is 5.92 Å². The van der Waals surface area contributed by atoms with Crippen LogP contribution >= 0.6 is 0 Å². The van der Waals surface area contributed by atoms with E-state index in [0.29, 0.717) is 18.4 Å². The first kappa shape index (κ1) is 29.2. The summed E-state index contributed by atoms with van der Waals surface area (Å²) in [4.78, 5) is 21.9. The quantitative estimate of drug-likeness (QED) is 0.127. The molecule has 0 N–H and O–H groups in total. The van der Waals surface area contributed by atoms with Crippen LogP contribution in [0.15, 0.2) is 64.6 Å². The van der Waals surface area contributed by atoms with Gasteiger partial charge in [0.2, 0.25) is 17.1 Å². The van der Waals surface area contributed by atoms with Crippen LogP contribution in [0.1, 0.15) is 56.5 Å². The molecular weight excluding hydrogens is 557 g/mol. The van der Waals surface area contributed by atoms with Gasteiger partial charge in [0, 0.05) is 36.0 Å². The lowest BCUT2D eigenvalue weighted by Crippen LogP contribution is -2.15. The minimum atomic E-state index is -4.71. The summed E-state index contributed by atoms with van der Waals surface area (Å²) in [5.74, 6) is -1.18. The molecule has 7 nitrogen and oxygen atoms in total. The molecule has 3 aromatic heterocycles. The Morgan fingerprint density at radius 1 is 1.07 bits per heavy atom. The monoisotopic (exact) mass is 585 g/mol. The number of hydrogen-bond donors (Lipinski definition) is 0. The second-order valence-corrected chi connectivity index (χ2v) is 10.4. The Balaban J connectivity index is 1.59. The van der Waals surface area contributed by atoms with E-state index in [0.717, 1.165) is 43.9 Å². The largest absolute Gasteiger partial charge is 0.416 e. The zero-order chi connectivity index (χ0) is 30.0.